The Morgan fingerprint density at radius 1 is 1.53 bits per heavy atom. The largest absolute Gasteiger partial charge is 0.465 e. The highest BCUT2D eigenvalue weighted by atomic mass is 79.9. The van der Waals surface area contributed by atoms with Gasteiger partial charge in [-0.3, -0.25) is 0 Å². The van der Waals surface area contributed by atoms with E-state index in [1.54, 1.807) is 12.3 Å². The molecule has 19 heavy (non-hydrogen) atoms. The van der Waals surface area contributed by atoms with E-state index in [0.717, 1.165) is 17.3 Å². The van der Waals surface area contributed by atoms with Gasteiger partial charge in [0, 0.05) is 29.7 Å². The van der Waals surface area contributed by atoms with Gasteiger partial charge in [-0.05, 0) is 40.8 Å². The Kier molecular flexibility index (Phi) is 4.27. The van der Waals surface area contributed by atoms with E-state index in [0.29, 0.717) is 24.5 Å². The van der Waals surface area contributed by atoms with Crippen LogP contribution >= 0.6 is 15.9 Å². The molecule has 1 amide bonds. The Labute approximate surface area is 119 Å². The molecule has 0 atom stereocenters. The molecule has 0 spiro atoms. The van der Waals surface area contributed by atoms with Crippen LogP contribution in [-0.2, 0) is 0 Å². The summed E-state index contributed by atoms with van der Waals surface area (Å²) in [6.07, 6.45) is 2.32. The monoisotopic (exact) mass is 323 g/mol. The molecule has 1 aliphatic rings. The molecule has 0 aromatic carbocycles. The maximum Gasteiger partial charge on any atom is 0.407 e. The van der Waals surface area contributed by atoms with Crippen molar-refractivity contribution in [2.45, 2.75) is 12.8 Å². The SMILES string of the molecule is Nc1cc(Br)cnc1C#CC1CCN(C(=O)O)CC1. The molecule has 1 fully saturated rings. The summed E-state index contributed by atoms with van der Waals surface area (Å²) in [6, 6.07) is 1.77. The zero-order chi connectivity index (χ0) is 13.8. The van der Waals surface area contributed by atoms with Crippen molar-refractivity contribution >= 4 is 27.7 Å². The second kappa shape index (κ2) is 5.93. The first-order valence-corrected chi connectivity index (χ1v) is 6.76. The van der Waals surface area contributed by atoms with Crippen molar-refractivity contribution in [1.29, 1.82) is 0 Å². The number of carboxylic acid groups (broad SMARTS) is 1. The summed E-state index contributed by atoms with van der Waals surface area (Å²) in [5.41, 5.74) is 6.94. The van der Waals surface area contributed by atoms with E-state index < -0.39 is 6.09 Å². The summed E-state index contributed by atoms with van der Waals surface area (Å²) in [5, 5.41) is 8.85. The van der Waals surface area contributed by atoms with Crippen molar-refractivity contribution in [3.05, 3.63) is 22.4 Å². The van der Waals surface area contributed by atoms with Gasteiger partial charge in [0.15, 0.2) is 0 Å². The molecule has 0 aliphatic carbocycles. The van der Waals surface area contributed by atoms with E-state index in [4.69, 9.17) is 10.8 Å². The smallest absolute Gasteiger partial charge is 0.407 e. The standard InChI is InChI=1S/C13H14BrN3O2/c14-10-7-11(15)12(16-8-10)2-1-9-3-5-17(6-4-9)13(18)19/h7-9H,3-6,15H2,(H,18,19). The number of halogens is 1. The predicted molar refractivity (Wildman–Crippen MR) is 75.5 cm³/mol. The summed E-state index contributed by atoms with van der Waals surface area (Å²) in [7, 11) is 0. The fourth-order valence-corrected chi connectivity index (χ4v) is 2.29. The molecule has 2 heterocycles. The number of hydrogen-bond acceptors (Lipinski definition) is 3. The summed E-state index contributed by atoms with van der Waals surface area (Å²) >= 11 is 3.29. The molecule has 5 nitrogen and oxygen atoms in total. The fourth-order valence-electron chi connectivity index (χ4n) is 1.94. The van der Waals surface area contributed by atoms with Gasteiger partial charge in [-0.2, -0.15) is 0 Å². The number of hydrogen-bond donors (Lipinski definition) is 2. The Morgan fingerprint density at radius 3 is 2.79 bits per heavy atom. The van der Waals surface area contributed by atoms with Crippen molar-refractivity contribution in [3.8, 4) is 11.8 Å². The normalized spacial score (nSPS) is 15.7. The van der Waals surface area contributed by atoms with Crippen LogP contribution in [0.3, 0.4) is 0 Å². The van der Waals surface area contributed by atoms with Gasteiger partial charge < -0.3 is 15.7 Å². The zero-order valence-corrected chi connectivity index (χ0v) is 11.9. The van der Waals surface area contributed by atoms with Crippen LogP contribution in [-0.4, -0.2) is 34.2 Å². The van der Waals surface area contributed by atoms with Crippen LogP contribution < -0.4 is 5.73 Å². The summed E-state index contributed by atoms with van der Waals surface area (Å²) < 4.78 is 0.824. The molecule has 0 radical (unpaired) electrons. The van der Waals surface area contributed by atoms with Gasteiger partial charge in [0.1, 0.15) is 5.69 Å². The maximum absolute atomic E-state index is 10.8. The van der Waals surface area contributed by atoms with E-state index >= 15 is 0 Å². The van der Waals surface area contributed by atoms with Crippen LogP contribution in [0, 0.1) is 17.8 Å². The number of rotatable bonds is 0. The van der Waals surface area contributed by atoms with Crippen molar-refractivity contribution in [1.82, 2.24) is 9.88 Å². The van der Waals surface area contributed by atoms with Gasteiger partial charge in [-0.1, -0.05) is 5.92 Å². The number of nitrogens with two attached hydrogens (primary N) is 1. The minimum Gasteiger partial charge on any atom is -0.465 e. The summed E-state index contributed by atoms with van der Waals surface area (Å²) in [5.74, 6) is 6.32. The molecule has 0 bridgehead atoms. The molecule has 100 valence electrons. The van der Waals surface area contributed by atoms with E-state index in [2.05, 4.69) is 32.8 Å². The number of pyridine rings is 1. The lowest BCUT2D eigenvalue weighted by Crippen LogP contribution is -2.37. The van der Waals surface area contributed by atoms with Crippen LogP contribution in [0.1, 0.15) is 18.5 Å². The molecule has 0 unspecified atom stereocenters. The molecule has 6 heteroatoms. The molecule has 1 aromatic rings. The number of piperidine rings is 1. The third kappa shape index (κ3) is 3.61. The lowest BCUT2D eigenvalue weighted by molar-refractivity contribution is 0.130. The first-order valence-electron chi connectivity index (χ1n) is 5.96. The lowest BCUT2D eigenvalue weighted by atomic mass is 9.97. The Bertz CT molecular complexity index is 543. The molecule has 1 saturated heterocycles. The first-order chi connectivity index (χ1) is 9.06. The number of anilines is 1. The molecule has 1 aromatic heterocycles. The highest BCUT2D eigenvalue weighted by Gasteiger charge is 2.20. The highest BCUT2D eigenvalue weighted by Crippen LogP contribution is 2.18. The van der Waals surface area contributed by atoms with Gasteiger partial charge in [-0.25, -0.2) is 9.78 Å². The number of carbonyl (C=O) groups is 1. The average Bonchev–Trinajstić information content (AvgIpc) is 2.38. The topological polar surface area (TPSA) is 79.5 Å². The quantitative estimate of drug-likeness (QED) is 0.717. The van der Waals surface area contributed by atoms with E-state index in [-0.39, 0.29) is 5.92 Å². The first kappa shape index (κ1) is 13.7. The summed E-state index contributed by atoms with van der Waals surface area (Å²) in [4.78, 5) is 16.4. The van der Waals surface area contributed by atoms with Crippen molar-refractivity contribution < 1.29 is 9.90 Å². The predicted octanol–water partition coefficient (Wildman–Crippen LogP) is 2.17. The minimum absolute atomic E-state index is 0.209. The van der Waals surface area contributed by atoms with Crippen molar-refractivity contribution in [2.75, 3.05) is 18.8 Å². The number of nitrogen functional groups attached to an aromatic ring is 1. The zero-order valence-electron chi connectivity index (χ0n) is 10.3. The average molecular weight is 324 g/mol. The van der Waals surface area contributed by atoms with Crippen molar-refractivity contribution in [3.63, 3.8) is 0 Å². The van der Waals surface area contributed by atoms with E-state index in [9.17, 15) is 4.79 Å². The molecule has 3 N–H and O–H groups in total. The maximum atomic E-state index is 10.8. The minimum atomic E-state index is -0.856. The Hall–Kier alpha value is -1.74. The Morgan fingerprint density at radius 2 is 2.21 bits per heavy atom. The number of aromatic nitrogens is 1. The summed E-state index contributed by atoms with van der Waals surface area (Å²) in [6.45, 7) is 1.08. The van der Waals surface area contributed by atoms with Gasteiger partial charge in [0.05, 0.1) is 5.69 Å². The second-order valence-corrected chi connectivity index (χ2v) is 5.32. The lowest BCUT2D eigenvalue weighted by Gasteiger charge is -2.27. The molecule has 1 aliphatic heterocycles. The molecule has 0 saturated carbocycles. The van der Waals surface area contributed by atoms with Gasteiger partial charge in [0.25, 0.3) is 0 Å². The molecular weight excluding hydrogens is 310 g/mol. The van der Waals surface area contributed by atoms with Gasteiger partial charge in [0.2, 0.25) is 0 Å². The second-order valence-electron chi connectivity index (χ2n) is 4.40. The Balaban J connectivity index is 1.99. The van der Waals surface area contributed by atoms with Crippen LogP contribution in [0.5, 0.6) is 0 Å². The van der Waals surface area contributed by atoms with Gasteiger partial charge >= 0.3 is 6.09 Å². The fraction of sp³-hybridized carbons (Fsp3) is 0.385. The van der Waals surface area contributed by atoms with Crippen molar-refractivity contribution in [2.24, 2.45) is 5.92 Å². The van der Waals surface area contributed by atoms with E-state index in [1.165, 1.54) is 4.90 Å². The number of likely N-dealkylation sites (tertiary alicyclic amines) is 1. The van der Waals surface area contributed by atoms with Gasteiger partial charge in [-0.15, -0.1) is 0 Å². The molecule has 2 rings (SSSR count). The van der Waals surface area contributed by atoms with Crippen LogP contribution in [0.15, 0.2) is 16.7 Å². The number of nitrogens with zero attached hydrogens (tertiary/aromatic N) is 2. The third-order valence-electron chi connectivity index (χ3n) is 3.04. The number of amides is 1. The highest BCUT2D eigenvalue weighted by molar-refractivity contribution is 9.10. The molecular formula is C13H14BrN3O2. The van der Waals surface area contributed by atoms with Crippen LogP contribution in [0.25, 0.3) is 0 Å². The third-order valence-corrected chi connectivity index (χ3v) is 3.48. The van der Waals surface area contributed by atoms with Crippen LogP contribution in [0.4, 0.5) is 10.5 Å². The van der Waals surface area contributed by atoms with E-state index in [1.807, 2.05) is 0 Å². The van der Waals surface area contributed by atoms with Crippen LogP contribution in [0.2, 0.25) is 0 Å².